The van der Waals surface area contributed by atoms with Crippen LogP contribution in [0.2, 0.25) is 10.0 Å². The summed E-state index contributed by atoms with van der Waals surface area (Å²) in [5.41, 5.74) is 0.459. The van der Waals surface area contributed by atoms with Crippen LogP contribution in [0.4, 0.5) is 10.8 Å². The highest BCUT2D eigenvalue weighted by atomic mass is 35.5. The quantitative estimate of drug-likeness (QED) is 0.569. The van der Waals surface area contributed by atoms with Gasteiger partial charge in [-0.2, -0.15) is 0 Å². The number of hydrogen-bond acceptors (Lipinski definition) is 6. The Balaban J connectivity index is 1.80. The van der Waals surface area contributed by atoms with Crippen LogP contribution in [0, 0.1) is 0 Å². The number of halogens is 2. The van der Waals surface area contributed by atoms with Gasteiger partial charge in [-0.05, 0) is 42.8 Å². The van der Waals surface area contributed by atoms with Crippen molar-refractivity contribution in [2.75, 3.05) is 10.0 Å². The number of nitrogens with one attached hydrogen (secondary N) is 2. The molecule has 0 saturated heterocycles. The largest absolute Gasteiger partial charge is 0.296 e. The maximum Gasteiger partial charge on any atom is 0.263 e. The van der Waals surface area contributed by atoms with Gasteiger partial charge in [0.1, 0.15) is 9.90 Å². The van der Waals surface area contributed by atoms with E-state index >= 15 is 0 Å². The topological polar surface area (TPSA) is 101 Å². The average Bonchev–Trinajstić information content (AvgIpc) is 3.11. The Morgan fingerprint density at radius 3 is 2.64 bits per heavy atom. The molecule has 1 heterocycles. The first kappa shape index (κ1) is 20.5. The maximum atomic E-state index is 12.6. The summed E-state index contributed by atoms with van der Waals surface area (Å²) >= 11 is 13.1. The van der Waals surface area contributed by atoms with E-state index in [9.17, 15) is 13.2 Å². The van der Waals surface area contributed by atoms with E-state index in [4.69, 9.17) is 23.2 Å². The Morgan fingerprint density at radius 2 is 1.93 bits per heavy atom. The predicted octanol–water partition coefficient (Wildman–Crippen LogP) is 4.46. The maximum absolute atomic E-state index is 12.6. The lowest BCUT2D eigenvalue weighted by molar-refractivity contribution is 0.102. The van der Waals surface area contributed by atoms with Crippen LogP contribution in [-0.2, 0) is 16.4 Å². The number of amides is 1. The van der Waals surface area contributed by atoms with E-state index in [-0.39, 0.29) is 26.2 Å². The van der Waals surface area contributed by atoms with Gasteiger partial charge < -0.3 is 0 Å². The van der Waals surface area contributed by atoms with Crippen molar-refractivity contribution in [3.63, 3.8) is 0 Å². The normalized spacial score (nSPS) is 11.2. The molecule has 0 unspecified atom stereocenters. The SMILES string of the molecule is CCc1nnc(NC(=O)c2cccc(NS(=O)(=O)c3cc(Cl)ccc3Cl)c2)s1. The summed E-state index contributed by atoms with van der Waals surface area (Å²) in [6, 6.07) is 10.2. The van der Waals surface area contributed by atoms with Crippen molar-refractivity contribution in [1.29, 1.82) is 0 Å². The third-order valence-corrected chi connectivity index (χ3v) is 6.63. The van der Waals surface area contributed by atoms with Crippen LogP contribution >= 0.6 is 34.5 Å². The van der Waals surface area contributed by atoms with Gasteiger partial charge in [-0.25, -0.2) is 8.42 Å². The van der Waals surface area contributed by atoms with E-state index in [2.05, 4.69) is 20.2 Å². The van der Waals surface area contributed by atoms with Gasteiger partial charge >= 0.3 is 0 Å². The molecule has 0 radical (unpaired) electrons. The van der Waals surface area contributed by atoms with Gasteiger partial charge in [-0.15, -0.1) is 10.2 Å². The van der Waals surface area contributed by atoms with E-state index < -0.39 is 15.9 Å². The van der Waals surface area contributed by atoms with Gasteiger partial charge in [-0.1, -0.05) is 47.5 Å². The molecule has 1 amide bonds. The summed E-state index contributed by atoms with van der Waals surface area (Å²) in [6.45, 7) is 1.94. The number of carbonyl (C=O) groups excluding carboxylic acids is 1. The highest BCUT2D eigenvalue weighted by molar-refractivity contribution is 7.92. The second-order valence-corrected chi connectivity index (χ2v) is 9.13. The fraction of sp³-hybridized carbons (Fsp3) is 0.118. The molecule has 0 aliphatic heterocycles. The molecule has 0 atom stereocenters. The molecule has 1 aromatic heterocycles. The number of nitrogens with zero attached hydrogens (tertiary/aromatic N) is 2. The number of aryl methyl sites for hydroxylation is 1. The van der Waals surface area contributed by atoms with E-state index in [1.54, 1.807) is 12.1 Å². The van der Waals surface area contributed by atoms with Gasteiger partial charge in [0.05, 0.1) is 5.02 Å². The zero-order chi connectivity index (χ0) is 20.3. The lowest BCUT2D eigenvalue weighted by Crippen LogP contribution is -2.15. The van der Waals surface area contributed by atoms with Gasteiger partial charge in [0.2, 0.25) is 5.13 Å². The molecule has 7 nitrogen and oxygen atoms in total. The van der Waals surface area contributed by atoms with Crippen LogP contribution in [-0.4, -0.2) is 24.5 Å². The number of hydrogen-bond donors (Lipinski definition) is 2. The average molecular weight is 457 g/mol. The van der Waals surface area contributed by atoms with Crippen LogP contribution in [0.5, 0.6) is 0 Å². The van der Waals surface area contributed by atoms with Crippen LogP contribution in [0.1, 0.15) is 22.3 Å². The molecule has 28 heavy (non-hydrogen) atoms. The molecule has 0 aliphatic carbocycles. The first-order chi connectivity index (χ1) is 13.3. The monoisotopic (exact) mass is 456 g/mol. The summed E-state index contributed by atoms with van der Waals surface area (Å²) in [7, 11) is -3.99. The summed E-state index contributed by atoms with van der Waals surface area (Å²) in [4.78, 5) is 12.3. The van der Waals surface area contributed by atoms with Crippen molar-refractivity contribution in [2.45, 2.75) is 18.2 Å². The Morgan fingerprint density at radius 1 is 1.14 bits per heavy atom. The van der Waals surface area contributed by atoms with Gasteiger partial charge in [0.25, 0.3) is 15.9 Å². The molecule has 146 valence electrons. The van der Waals surface area contributed by atoms with Crippen molar-refractivity contribution in [2.24, 2.45) is 0 Å². The number of benzene rings is 2. The molecule has 11 heteroatoms. The van der Waals surface area contributed by atoms with Gasteiger partial charge in [-0.3, -0.25) is 14.8 Å². The first-order valence-electron chi connectivity index (χ1n) is 8.00. The Hall–Kier alpha value is -2.20. The molecule has 0 fully saturated rings. The summed E-state index contributed by atoms with van der Waals surface area (Å²) in [5, 5.41) is 11.9. The fourth-order valence-electron chi connectivity index (χ4n) is 2.23. The molecular weight excluding hydrogens is 443 g/mol. The van der Waals surface area contributed by atoms with Crippen molar-refractivity contribution in [3.05, 3.63) is 63.1 Å². The van der Waals surface area contributed by atoms with Gasteiger partial charge in [0, 0.05) is 16.3 Å². The lowest BCUT2D eigenvalue weighted by Gasteiger charge is -2.11. The predicted molar refractivity (Wildman–Crippen MR) is 111 cm³/mol. The zero-order valence-corrected chi connectivity index (χ0v) is 17.6. The summed E-state index contributed by atoms with van der Waals surface area (Å²) in [6.07, 6.45) is 0.719. The van der Waals surface area contributed by atoms with Crippen molar-refractivity contribution in [3.8, 4) is 0 Å². The molecule has 0 spiro atoms. The third-order valence-electron chi connectivity index (χ3n) is 3.55. The van der Waals surface area contributed by atoms with Crippen LogP contribution in [0.25, 0.3) is 0 Å². The van der Waals surface area contributed by atoms with Crippen molar-refractivity contribution < 1.29 is 13.2 Å². The smallest absolute Gasteiger partial charge is 0.263 e. The molecular formula is C17H14Cl2N4O3S2. The Kier molecular flexibility index (Phi) is 6.19. The lowest BCUT2D eigenvalue weighted by atomic mass is 10.2. The van der Waals surface area contributed by atoms with Crippen LogP contribution < -0.4 is 10.0 Å². The molecule has 0 aliphatic rings. The van der Waals surface area contributed by atoms with E-state index in [0.717, 1.165) is 11.4 Å². The Labute approximate surface area is 175 Å². The zero-order valence-electron chi connectivity index (χ0n) is 14.4. The highest BCUT2D eigenvalue weighted by Crippen LogP contribution is 2.27. The minimum atomic E-state index is -3.99. The molecule has 2 aromatic carbocycles. The minimum absolute atomic E-state index is 0.0359. The molecule has 3 aromatic rings. The number of rotatable bonds is 6. The van der Waals surface area contributed by atoms with Crippen molar-refractivity contribution >= 4 is 61.3 Å². The molecule has 3 rings (SSSR count). The fourth-order valence-corrected chi connectivity index (χ4v) is 4.72. The molecule has 0 saturated carbocycles. The first-order valence-corrected chi connectivity index (χ1v) is 11.1. The van der Waals surface area contributed by atoms with Crippen LogP contribution in [0.15, 0.2) is 47.4 Å². The third kappa shape index (κ3) is 4.79. The standard InChI is InChI=1S/C17H14Cl2N4O3S2/c1-2-15-21-22-17(27-15)20-16(24)10-4-3-5-12(8-10)23-28(25,26)14-9-11(18)6-7-13(14)19/h3-9,23H,2H2,1H3,(H,20,22,24). The van der Waals surface area contributed by atoms with E-state index in [0.29, 0.717) is 5.13 Å². The van der Waals surface area contributed by atoms with Crippen molar-refractivity contribution in [1.82, 2.24) is 10.2 Å². The molecule has 0 bridgehead atoms. The van der Waals surface area contributed by atoms with E-state index in [1.165, 1.54) is 41.7 Å². The second-order valence-electron chi connectivity index (χ2n) is 5.57. The van der Waals surface area contributed by atoms with E-state index in [1.807, 2.05) is 6.92 Å². The van der Waals surface area contributed by atoms with Gasteiger partial charge in [0.15, 0.2) is 0 Å². The number of sulfonamides is 1. The van der Waals surface area contributed by atoms with Crippen LogP contribution in [0.3, 0.4) is 0 Å². The second kappa shape index (κ2) is 8.44. The highest BCUT2D eigenvalue weighted by Gasteiger charge is 2.19. The molecule has 2 N–H and O–H groups in total. The number of carbonyl (C=O) groups is 1. The Bertz CT molecular complexity index is 1130. The summed E-state index contributed by atoms with van der Waals surface area (Å²) < 4.78 is 27.6. The number of anilines is 2. The minimum Gasteiger partial charge on any atom is -0.296 e. The summed E-state index contributed by atoms with van der Waals surface area (Å²) in [5.74, 6) is -0.430. The number of aromatic nitrogens is 2.